The van der Waals surface area contributed by atoms with Gasteiger partial charge in [0.05, 0.1) is 20.3 Å². The van der Waals surface area contributed by atoms with Crippen molar-refractivity contribution >= 4 is 17.6 Å². The van der Waals surface area contributed by atoms with Crippen LogP contribution in [0.4, 0.5) is 14.9 Å². The number of nitrogens with one attached hydrogen (secondary N) is 2. The molecule has 0 spiro atoms. The minimum Gasteiger partial charge on any atom is -0.497 e. The lowest BCUT2D eigenvalue weighted by Crippen LogP contribution is -2.18. The lowest BCUT2D eigenvalue weighted by Gasteiger charge is -2.21. The largest absolute Gasteiger partial charge is 0.497 e. The zero-order chi connectivity index (χ0) is 29.4. The van der Waals surface area contributed by atoms with Crippen LogP contribution >= 0.6 is 0 Å². The van der Waals surface area contributed by atoms with Crippen LogP contribution in [0.3, 0.4) is 0 Å². The maximum atomic E-state index is 15.8. The third kappa shape index (κ3) is 6.83. The summed E-state index contributed by atoms with van der Waals surface area (Å²) in [6.45, 7) is 1.31. The summed E-state index contributed by atoms with van der Waals surface area (Å²) in [6.07, 6.45) is 2.08. The number of ether oxygens (including phenoxy) is 3. The molecule has 2 aromatic heterocycles. The molecule has 0 aliphatic rings. The molecule has 0 bridgehead atoms. The van der Waals surface area contributed by atoms with E-state index in [4.69, 9.17) is 19.9 Å². The topological polar surface area (TPSA) is 192 Å². The number of aliphatic hydroxyl groups excluding tert-OH is 1. The number of H-pyrrole nitrogens is 1. The summed E-state index contributed by atoms with van der Waals surface area (Å²) < 4.78 is 32.2. The van der Waals surface area contributed by atoms with Crippen LogP contribution in [0.1, 0.15) is 29.9 Å². The summed E-state index contributed by atoms with van der Waals surface area (Å²) in [5.74, 6) is -0.709. The first-order valence-electron chi connectivity index (χ1n) is 12.3. The van der Waals surface area contributed by atoms with Crippen molar-refractivity contribution in [1.82, 2.24) is 24.7 Å². The fraction of sp³-hybridized carbons (Fsp3) is 0.231. The molecule has 0 aliphatic carbocycles. The number of methoxy groups -OCH3 is 1. The highest BCUT2D eigenvalue weighted by molar-refractivity contribution is 6.02. The number of aliphatic imine (C=N–C) groups is 1. The van der Waals surface area contributed by atoms with E-state index in [9.17, 15) is 14.7 Å². The number of hydrogen-bond donors (Lipinski definition) is 4. The molecule has 0 saturated carbocycles. The number of benzene rings is 2. The van der Waals surface area contributed by atoms with Gasteiger partial charge in [0.2, 0.25) is 0 Å². The summed E-state index contributed by atoms with van der Waals surface area (Å²) in [7, 11) is 1.40. The number of carbonyl (C=O) groups excluding carboxylic acids is 1. The molecule has 2 heterocycles. The number of anilines is 1. The van der Waals surface area contributed by atoms with Crippen molar-refractivity contribution in [3.63, 3.8) is 0 Å². The Labute approximate surface area is 232 Å². The monoisotopic (exact) mass is 566 g/mol. The molecule has 2 aromatic carbocycles. The predicted octanol–water partition coefficient (Wildman–Crippen LogP) is 1.93. The van der Waals surface area contributed by atoms with E-state index in [1.54, 1.807) is 37.3 Å². The molecule has 14 nitrogen and oxygen atoms in total. The highest BCUT2D eigenvalue weighted by Gasteiger charge is 2.27. The van der Waals surface area contributed by atoms with E-state index in [1.807, 2.05) is 0 Å². The van der Waals surface area contributed by atoms with Gasteiger partial charge in [-0.15, -0.1) is 9.78 Å². The maximum Gasteiger partial charge on any atom is 0.435 e. The van der Waals surface area contributed by atoms with Gasteiger partial charge in [-0.05, 0) is 43.3 Å². The van der Waals surface area contributed by atoms with Gasteiger partial charge in [0.25, 0.3) is 5.95 Å². The Balaban J connectivity index is 1.77. The quantitative estimate of drug-likeness (QED) is 0.153. The summed E-state index contributed by atoms with van der Waals surface area (Å²) in [4.78, 5) is 38.8. The van der Waals surface area contributed by atoms with Gasteiger partial charge in [-0.2, -0.15) is 4.99 Å². The van der Waals surface area contributed by atoms with E-state index in [0.29, 0.717) is 11.3 Å². The number of rotatable bonds is 11. The van der Waals surface area contributed by atoms with E-state index in [0.717, 1.165) is 4.68 Å². The first-order chi connectivity index (χ1) is 19.8. The second-order valence-electron chi connectivity index (χ2n) is 8.23. The molecule has 1 amide bonds. The molecule has 1 atom stereocenters. The van der Waals surface area contributed by atoms with Crippen LogP contribution in [0, 0.1) is 5.82 Å². The van der Waals surface area contributed by atoms with Crippen LogP contribution in [-0.2, 0) is 4.74 Å². The van der Waals surface area contributed by atoms with E-state index in [1.165, 1.54) is 31.6 Å². The molecule has 5 N–H and O–H groups in total. The maximum absolute atomic E-state index is 15.8. The Morgan fingerprint density at radius 1 is 1.24 bits per heavy atom. The molecule has 0 saturated heterocycles. The van der Waals surface area contributed by atoms with Crippen molar-refractivity contribution in [3.8, 4) is 17.4 Å². The second kappa shape index (κ2) is 13.2. The van der Waals surface area contributed by atoms with Crippen molar-refractivity contribution in [2.45, 2.75) is 13.0 Å². The number of amidine groups is 1. The van der Waals surface area contributed by atoms with Gasteiger partial charge in [0.1, 0.15) is 24.2 Å². The van der Waals surface area contributed by atoms with Crippen LogP contribution in [-0.4, -0.2) is 68.7 Å². The number of aliphatic hydroxyl groups is 1. The number of hydrogen-bond acceptors (Lipinski definition) is 10. The van der Waals surface area contributed by atoms with Gasteiger partial charge in [-0.1, -0.05) is 0 Å². The molecule has 0 fully saturated rings. The molecule has 15 heteroatoms. The number of aromatic nitrogens is 5. The minimum atomic E-state index is -1.09. The lowest BCUT2D eigenvalue weighted by atomic mass is 10.0. The average molecular weight is 567 g/mol. The van der Waals surface area contributed by atoms with Gasteiger partial charge in [0.15, 0.2) is 17.4 Å². The van der Waals surface area contributed by atoms with Gasteiger partial charge in [-0.3, -0.25) is 4.98 Å². The molecule has 4 rings (SSSR count). The molecule has 41 heavy (non-hydrogen) atoms. The molecule has 1 unspecified atom stereocenters. The van der Waals surface area contributed by atoms with Crippen LogP contribution in [0.15, 0.2) is 64.6 Å². The van der Waals surface area contributed by atoms with Crippen molar-refractivity contribution in [1.29, 1.82) is 0 Å². The number of amides is 1. The van der Waals surface area contributed by atoms with E-state index in [2.05, 4.69) is 30.4 Å². The summed E-state index contributed by atoms with van der Waals surface area (Å²) in [5, 5.41) is 16.6. The van der Waals surface area contributed by atoms with Crippen LogP contribution in [0.2, 0.25) is 0 Å². The average Bonchev–Trinajstić information content (AvgIpc) is 3.37. The number of nitrogens with zero attached hydrogens (tertiary/aromatic N) is 5. The third-order valence-corrected chi connectivity index (χ3v) is 5.56. The Kier molecular flexibility index (Phi) is 9.21. The first-order valence-corrected chi connectivity index (χ1v) is 12.3. The number of aromatic amines is 1. The number of nitrogens with two attached hydrogens (primary N) is 1. The molecular weight excluding hydrogens is 539 g/mol. The standard InChI is InChI=1S/C26H27FN8O6/c1-3-40-26(38)32-22(28)15-5-7-16(8-6-15)31-21(18-13-17(39-2)14-19(20(18)27)41-12-11-36)23-33-25(37)35(34-23)24-29-9-4-10-30-24/h4-10,13-14,21,31,36H,3,11-12H2,1-2H3,(H2,28,32,38)(H,33,34,37). The molecule has 4 aromatic rings. The van der Waals surface area contributed by atoms with E-state index < -0.39 is 23.6 Å². The van der Waals surface area contributed by atoms with Gasteiger partial charge in [0, 0.05) is 35.3 Å². The second-order valence-corrected chi connectivity index (χ2v) is 8.23. The van der Waals surface area contributed by atoms with Gasteiger partial charge in [-0.25, -0.2) is 23.9 Å². The van der Waals surface area contributed by atoms with E-state index in [-0.39, 0.29) is 54.5 Å². The number of carbonyl (C=O) groups is 1. The highest BCUT2D eigenvalue weighted by Crippen LogP contribution is 2.35. The molecular formula is C26H27FN8O6. The Morgan fingerprint density at radius 3 is 2.63 bits per heavy atom. The molecule has 0 aliphatic heterocycles. The Hall–Kier alpha value is -5.31. The van der Waals surface area contributed by atoms with Crippen LogP contribution in [0.25, 0.3) is 5.95 Å². The van der Waals surface area contributed by atoms with Crippen LogP contribution < -0.4 is 26.2 Å². The van der Waals surface area contributed by atoms with Gasteiger partial charge < -0.3 is 30.4 Å². The third-order valence-electron chi connectivity index (χ3n) is 5.56. The van der Waals surface area contributed by atoms with E-state index >= 15 is 4.39 Å². The molecule has 0 radical (unpaired) electrons. The van der Waals surface area contributed by atoms with Crippen LogP contribution in [0.5, 0.6) is 11.5 Å². The smallest absolute Gasteiger partial charge is 0.435 e. The number of halogens is 1. The zero-order valence-electron chi connectivity index (χ0n) is 22.1. The highest BCUT2D eigenvalue weighted by atomic mass is 19.1. The summed E-state index contributed by atoms with van der Waals surface area (Å²) in [6, 6.07) is 9.68. The Bertz CT molecular complexity index is 1570. The van der Waals surface area contributed by atoms with Crippen molar-refractivity contribution in [2.75, 3.05) is 32.2 Å². The summed E-state index contributed by atoms with van der Waals surface area (Å²) in [5.41, 5.74) is 6.17. The zero-order valence-corrected chi connectivity index (χ0v) is 22.1. The Morgan fingerprint density at radius 2 is 1.98 bits per heavy atom. The van der Waals surface area contributed by atoms with Crippen molar-refractivity contribution in [3.05, 3.63) is 88.1 Å². The first kappa shape index (κ1) is 28.7. The fourth-order valence-corrected chi connectivity index (χ4v) is 3.70. The van der Waals surface area contributed by atoms with Gasteiger partial charge >= 0.3 is 11.8 Å². The predicted molar refractivity (Wildman–Crippen MR) is 145 cm³/mol. The van der Waals surface area contributed by atoms with Crippen molar-refractivity contribution < 1.29 is 28.5 Å². The minimum absolute atomic E-state index is 0.0116. The van der Waals surface area contributed by atoms with Crippen molar-refractivity contribution in [2.24, 2.45) is 10.7 Å². The fourth-order valence-electron chi connectivity index (χ4n) is 3.70. The SMILES string of the molecule is CCOC(=O)N=C(N)c1ccc(NC(c2nn(-c3ncccn3)c(=O)[nH]2)c2cc(OC)cc(OCCO)c2F)cc1. The summed E-state index contributed by atoms with van der Waals surface area (Å²) >= 11 is 0. The normalized spacial score (nSPS) is 12.0. The molecule has 214 valence electrons. The lowest BCUT2D eigenvalue weighted by molar-refractivity contribution is 0.163.